The number of hydrogen-bond acceptors (Lipinski definition) is 3. The first-order chi connectivity index (χ1) is 6.38. The molecule has 1 atom stereocenters. The standard InChI is InChI=1S/C9H15N3O/c1-2-12-7-8(6-11-12)13-9-4-3-5-10-9/h6-7,9-10H,2-5H2,1H3. The molecule has 1 aliphatic rings. The van der Waals surface area contributed by atoms with Gasteiger partial charge in [-0.3, -0.25) is 10.00 Å². The van der Waals surface area contributed by atoms with Crippen LogP contribution in [0.1, 0.15) is 19.8 Å². The van der Waals surface area contributed by atoms with E-state index < -0.39 is 0 Å². The molecule has 1 aromatic rings. The molecule has 0 radical (unpaired) electrons. The highest BCUT2D eigenvalue weighted by Gasteiger charge is 2.15. The fourth-order valence-corrected chi connectivity index (χ4v) is 1.50. The summed E-state index contributed by atoms with van der Waals surface area (Å²) in [6.07, 6.45) is 6.18. The third-order valence-corrected chi connectivity index (χ3v) is 2.23. The van der Waals surface area contributed by atoms with Crippen LogP contribution < -0.4 is 10.1 Å². The molecule has 1 fully saturated rings. The molecule has 2 heterocycles. The molecule has 1 N–H and O–H groups in total. The van der Waals surface area contributed by atoms with Gasteiger partial charge in [-0.2, -0.15) is 5.10 Å². The van der Waals surface area contributed by atoms with Crippen molar-refractivity contribution in [2.24, 2.45) is 0 Å². The van der Waals surface area contributed by atoms with E-state index >= 15 is 0 Å². The maximum Gasteiger partial charge on any atom is 0.159 e. The summed E-state index contributed by atoms with van der Waals surface area (Å²) in [5.74, 6) is 0.862. The maximum atomic E-state index is 5.66. The van der Waals surface area contributed by atoms with Crippen LogP contribution in [0.3, 0.4) is 0 Å². The zero-order valence-electron chi connectivity index (χ0n) is 7.86. The lowest BCUT2D eigenvalue weighted by atomic mass is 10.4. The van der Waals surface area contributed by atoms with E-state index in [-0.39, 0.29) is 6.23 Å². The fraction of sp³-hybridized carbons (Fsp3) is 0.667. The molecule has 0 saturated carbocycles. The minimum absolute atomic E-state index is 0.189. The molecule has 1 aliphatic heterocycles. The lowest BCUT2D eigenvalue weighted by Gasteiger charge is -2.10. The Morgan fingerprint density at radius 1 is 1.77 bits per heavy atom. The summed E-state index contributed by atoms with van der Waals surface area (Å²) in [6, 6.07) is 0. The highest BCUT2D eigenvalue weighted by atomic mass is 16.5. The molecule has 1 aromatic heterocycles. The Balaban J connectivity index is 1.92. The lowest BCUT2D eigenvalue weighted by Crippen LogP contribution is -2.27. The minimum atomic E-state index is 0.189. The van der Waals surface area contributed by atoms with Crippen molar-refractivity contribution in [3.63, 3.8) is 0 Å². The number of aryl methyl sites for hydroxylation is 1. The number of nitrogens with one attached hydrogen (secondary N) is 1. The highest BCUT2D eigenvalue weighted by Crippen LogP contribution is 2.14. The van der Waals surface area contributed by atoms with E-state index in [2.05, 4.69) is 17.3 Å². The zero-order chi connectivity index (χ0) is 9.10. The first-order valence-electron chi connectivity index (χ1n) is 4.81. The molecule has 2 rings (SSSR count). The second-order valence-corrected chi connectivity index (χ2v) is 3.23. The summed E-state index contributed by atoms with van der Waals surface area (Å²) in [4.78, 5) is 0. The van der Waals surface area contributed by atoms with Crippen molar-refractivity contribution < 1.29 is 4.74 Å². The van der Waals surface area contributed by atoms with Crippen molar-refractivity contribution >= 4 is 0 Å². The third kappa shape index (κ3) is 2.01. The second kappa shape index (κ2) is 3.79. The van der Waals surface area contributed by atoms with Gasteiger partial charge >= 0.3 is 0 Å². The number of rotatable bonds is 3. The molecule has 1 unspecified atom stereocenters. The summed E-state index contributed by atoms with van der Waals surface area (Å²) >= 11 is 0. The van der Waals surface area contributed by atoms with Gasteiger partial charge in [0.2, 0.25) is 0 Å². The van der Waals surface area contributed by atoms with Gasteiger partial charge in [0.25, 0.3) is 0 Å². The topological polar surface area (TPSA) is 39.1 Å². The van der Waals surface area contributed by atoms with E-state index in [1.54, 1.807) is 6.20 Å². The summed E-state index contributed by atoms with van der Waals surface area (Å²) in [5, 5.41) is 7.41. The zero-order valence-corrected chi connectivity index (χ0v) is 7.86. The molecule has 0 aromatic carbocycles. The molecule has 0 spiro atoms. The molecule has 0 bridgehead atoms. The first-order valence-corrected chi connectivity index (χ1v) is 4.81. The number of aromatic nitrogens is 2. The molecule has 0 amide bonds. The predicted molar refractivity (Wildman–Crippen MR) is 49.6 cm³/mol. The molecule has 4 nitrogen and oxygen atoms in total. The van der Waals surface area contributed by atoms with Gasteiger partial charge in [-0.05, 0) is 26.3 Å². The van der Waals surface area contributed by atoms with Crippen LogP contribution in [0.5, 0.6) is 5.75 Å². The number of nitrogens with zero attached hydrogens (tertiary/aromatic N) is 2. The van der Waals surface area contributed by atoms with E-state index in [9.17, 15) is 0 Å². The molecular formula is C9H15N3O. The van der Waals surface area contributed by atoms with E-state index in [1.807, 2.05) is 10.9 Å². The Labute approximate surface area is 77.9 Å². The summed E-state index contributed by atoms with van der Waals surface area (Å²) in [7, 11) is 0. The van der Waals surface area contributed by atoms with Crippen LogP contribution in [-0.2, 0) is 6.54 Å². The maximum absolute atomic E-state index is 5.66. The third-order valence-electron chi connectivity index (χ3n) is 2.23. The molecule has 4 heteroatoms. The molecule has 1 saturated heterocycles. The highest BCUT2D eigenvalue weighted by molar-refractivity contribution is 5.12. The van der Waals surface area contributed by atoms with Gasteiger partial charge in [0.1, 0.15) is 6.23 Å². The first kappa shape index (κ1) is 8.56. The number of ether oxygens (including phenoxy) is 1. The van der Waals surface area contributed by atoms with Gasteiger partial charge in [-0.1, -0.05) is 0 Å². The van der Waals surface area contributed by atoms with E-state index in [4.69, 9.17) is 4.74 Å². The van der Waals surface area contributed by atoms with Gasteiger partial charge in [-0.25, -0.2) is 0 Å². The summed E-state index contributed by atoms with van der Waals surface area (Å²) < 4.78 is 7.53. The lowest BCUT2D eigenvalue weighted by molar-refractivity contribution is 0.187. The van der Waals surface area contributed by atoms with Crippen LogP contribution in [0, 0.1) is 0 Å². The monoisotopic (exact) mass is 181 g/mol. The number of hydrogen-bond donors (Lipinski definition) is 1. The van der Waals surface area contributed by atoms with Crippen molar-refractivity contribution in [3.05, 3.63) is 12.4 Å². The summed E-state index contributed by atoms with van der Waals surface area (Å²) in [5.41, 5.74) is 0. The smallest absolute Gasteiger partial charge is 0.159 e. The average Bonchev–Trinajstić information content (AvgIpc) is 2.76. The molecule has 0 aliphatic carbocycles. The van der Waals surface area contributed by atoms with Crippen LogP contribution >= 0.6 is 0 Å². The van der Waals surface area contributed by atoms with Crippen LogP contribution in [0.4, 0.5) is 0 Å². The molecule has 72 valence electrons. The van der Waals surface area contributed by atoms with E-state index in [1.165, 1.54) is 6.42 Å². The van der Waals surface area contributed by atoms with Gasteiger partial charge in [0.05, 0.1) is 12.4 Å². The van der Waals surface area contributed by atoms with Crippen molar-refractivity contribution in [1.82, 2.24) is 15.1 Å². The fourth-order valence-electron chi connectivity index (χ4n) is 1.50. The molecule has 13 heavy (non-hydrogen) atoms. The van der Waals surface area contributed by atoms with Gasteiger partial charge in [0, 0.05) is 6.54 Å². The Kier molecular flexibility index (Phi) is 2.49. The van der Waals surface area contributed by atoms with Crippen molar-refractivity contribution in [1.29, 1.82) is 0 Å². The quantitative estimate of drug-likeness (QED) is 0.755. The van der Waals surface area contributed by atoms with Crippen LogP contribution in [0.15, 0.2) is 12.4 Å². The van der Waals surface area contributed by atoms with Crippen molar-refractivity contribution in [3.8, 4) is 5.75 Å². The van der Waals surface area contributed by atoms with Crippen LogP contribution in [-0.4, -0.2) is 22.6 Å². The Morgan fingerprint density at radius 3 is 3.31 bits per heavy atom. The van der Waals surface area contributed by atoms with Gasteiger partial charge < -0.3 is 4.74 Å². The van der Waals surface area contributed by atoms with E-state index in [0.717, 1.165) is 25.3 Å². The predicted octanol–water partition coefficient (Wildman–Crippen LogP) is 0.991. The van der Waals surface area contributed by atoms with Crippen LogP contribution in [0.2, 0.25) is 0 Å². The Morgan fingerprint density at radius 2 is 2.69 bits per heavy atom. The van der Waals surface area contributed by atoms with Gasteiger partial charge in [0.15, 0.2) is 5.75 Å². The second-order valence-electron chi connectivity index (χ2n) is 3.23. The largest absolute Gasteiger partial charge is 0.472 e. The Hall–Kier alpha value is -1.03. The van der Waals surface area contributed by atoms with Crippen LogP contribution in [0.25, 0.3) is 0 Å². The van der Waals surface area contributed by atoms with Crippen molar-refractivity contribution in [2.45, 2.75) is 32.5 Å². The SMILES string of the molecule is CCn1cc(OC2CCCN2)cn1. The normalized spacial score (nSPS) is 22.1. The summed E-state index contributed by atoms with van der Waals surface area (Å²) in [6.45, 7) is 4.01. The Bertz CT molecular complexity index is 266. The van der Waals surface area contributed by atoms with E-state index in [0.29, 0.717) is 0 Å². The van der Waals surface area contributed by atoms with Gasteiger partial charge in [-0.15, -0.1) is 0 Å². The minimum Gasteiger partial charge on any atom is -0.472 e. The van der Waals surface area contributed by atoms with Crippen molar-refractivity contribution in [2.75, 3.05) is 6.54 Å². The average molecular weight is 181 g/mol. The molecular weight excluding hydrogens is 166 g/mol.